The second-order valence-corrected chi connectivity index (χ2v) is 8.61. The number of aromatic amines is 1. The molecular weight excluding hydrogens is 392 g/mol. The fraction of sp³-hybridized carbons (Fsp3) is 0.125. The van der Waals surface area contributed by atoms with Gasteiger partial charge in [0.2, 0.25) is 5.91 Å². The Kier molecular flexibility index (Phi) is 4.56. The first-order valence-corrected chi connectivity index (χ1v) is 10.6. The first kappa shape index (κ1) is 18.5. The smallest absolute Gasteiger partial charge is 0.228 e. The van der Waals surface area contributed by atoms with Crippen molar-refractivity contribution in [2.75, 3.05) is 5.32 Å². The van der Waals surface area contributed by atoms with Crippen LogP contribution in [0.5, 0.6) is 0 Å². The minimum Gasteiger partial charge on any atom is -0.308 e. The molecule has 0 aliphatic carbocycles. The third kappa shape index (κ3) is 3.25. The van der Waals surface area contributed by atoms with Gasteiger partial charge in [-0.25, -0.2) is 0 Å². The molecule has 0 unspecified atom stereocenters. The van der Waals surface area contributed by atoms with Crippen molar-refractivity contribution in [1.82, 2.24) is 15.2 Å². The van der Waals surface area contributed by atoms with Gasteiger partial charge in [0.1, 0.15) is 0 Å². The lowest BCUT2D eigenvalue weighted by Crippen LogP contribution is -2.17. The summed E-state index contributed by atoms with van der Waals surface area (Å²) < 4.78 is 0.937. The highest BCUT2D eigenvalue weighted by Crippen LogP contribution is 2.40. The van der Waals surface area contributed by atoms with Crippen LogP contribution in [0.25, 0.3) is 42.6 Å². The highest BCUT2D eigenvalue weighted by atomic mass is 32.1. The van der Waals surface area contributed by atoms with Gasteiger partial charge in [0.05, 0.1) is 10.2 Å². The first-order chi connectivity index (χ1) is 14.6. The number of nitrogens with zero attached hydrogens (tertiary/aromatic N) is 2. The number of carbonyl (C=O) groups is 1. The van der Waals surface area contributed by atoms with Gasteiger partial charge in [0.25, 0.3) is 0 Å². The lowest BCUT2D eigenvalue weighted by molar-refractivity contribution is -0.118. The molecule has 5 rings (SSSR count). The van der Waals surface area contributed by atoms with E-state index < -0.39 is 0 Å². The predicted octanol–water partition coefficient (Wildman–Crippen LogP) is 6.10. The predicted molar refractivity (Wildman–Crippen MR) is 124 cm³/mol. The fourth-order valence-electron chi connectivity index (χ4n) is 3.49. The summed E-state index contributed by atoms with van der Waals surface area (Å²) in [7, 11) is 0. The summed E-state index contributed by atoms with van der Waals surface area (Å²) in [6, 6.07) is 19.0. The second kappa shape index (κ2) is 7.39. The van der Waals surface area contributed by atoms with Gasteiger partial charge >= 0.3 is 0 Å². The van der Waals surface area contributed by atoms with Crippen LogP contribution in [-0.2, 0) is 4.79 Å². The number of pyridine rings is 1. The van der Waals surface area contributed by atoms with Gasteiger partial charge < -0.3 is 5.32 Å². The maximum atomic E-state index is 12.1. The number of hydrogen-bond acceptors (Lipinski definition) is 4. The van der Waals surface area contributed by atoms with Crippen molar-refractivity contribution < 1.29 is 4.79 Å². The number of H-pyrrole nitrogens is 1. The number of nitrogens with one attached hydrogen (secondary N) is 2. The Morgan fingerprint density at radius 1 is 1.03 bits per heavy atom. The highest BCUT2D eigenvalue weighted by Gasteiger charge is 2.17. The first-order valence-electron chi connectivity index (χ1n) is 9.82. The number of fused-ring (bicyclic) bond motifs is 2. The van der Waals surface area contributed by atoms with E-state index in [2.05, 4.69) is 69.0 Å². The van der Waals surface area contributed by atoms with E-state index in [1.165, 1.54) is 10.8 Å². The molecule has 0 radical (unpaired) electrons. The van der Waals surface area contributed by atoms with E-state index >= 15 is 0 Å². The average molecular weight is 413 g/mol. The summed E-state index contributed by atoms with van der Waals surface area (Å²) in [6.07, 6.45) is 3.72. The quantitative estimate of drug-likeness (QED) is 0.375. The van der Waals surface area contributed by atoms with Crippen molar-refractivity contribution >= 4 is 44.1 Å². The molecule has 0 saturated carbocycles. The Morgan fingerprint density at radius 2 is 1.87 bits per heavy atom. The number of thiophene rings is 1. The van der Waals surface area contributed by atoms with Crippen molar-refractivity contribution in [1.29, 1.82) is 0 Å². The van der Waals surface area contributed by atoms with Crippen LogP contribution < -0.4 is 5.32 Å². The summed E-state index contributed by atoms with van der Waals surface area (Å²) >= 11 is 1.60. The standard InChI is InChI=1S/C24H20N4OS/c1-14(2)24(29)26-23-22-20(27-28-23)12-21(30-22)19-13-25-10-9-18(19)17-8-7-15-5-3-4-6-16(15)11-17/h3-14H,1-2H3,(H2,26,27,28,29). The molecule has 2 aromatic carbocycles. The summed E-state index contributed by atoms with van der Waals surface area (Å²) in [5.41, 5.74) is 4.24. The van der Waals surface area contributed by atoms with Gasteiger partial charge in [-0.15, -0.1) is 11.3 Å². The summed E-state index contributed by atoms with van der Waals surface area (Å²) in [4.78, 5) is 17.6. The van der Waals surface area contributed by atoms with Crippen LogP contribution in [-0.4, -0.2) is 21.1 Å². The number of amides is 1. The lowest BCUT2D eigenvalue weighted by Gasteiger charge is -2.09. The molecule has 0 bridgehead atoms. The van der Waals surface area contributed by atoms with E-state index in [1.807, 2.05) is 32.3 Å². The van der Waals surface area contributed by atoms with E-state index in [0.29, 0.717) is 5.82 Å². The highest BCUT2D eigenvalue weighted by molar-refractivity contribution is 7.22. The van der Waals surface area contributed by atoms with E-state index in [9.17, 15) is 4.79 Å². The van der Waals surface area contributed by atoms with Crippen molar-refractivity contribution in [3.05, 3.63) is 67.0 Å². The molecule has 0 aliphatic rings. The molecule has 0 fully saturated rings. The Hall–Kier alpha value is -3.51. The number of aromatic nitrogens is 3. The van der Waals surface area contributed by atoms with Crippen LogP contribution in [0.15, 0.2) is 67.0 Å². The lowest BCUT2D eigenvalue weighted by atomic mass is 9.98. The van der Waals surface area contributed by atoms with Crippen molar-refractivity contribution in [2.24, 2.45) is 5.92 Å². The Bertz CT molecular complexity index is 1380. The number of rotatable bonds is 4. The minimum absolute atomic E-state index is 0.0448. The molecule has 3 heterocycles. The number of carbonyl (C=O) groups excluding carboxylic acids is 1. The molecule has 0 saturated heterocycles. The third-order valence-corrected chi connectivity index (χ3v) is 6.32. The zero-order chi connectivity index (χ0) is 20.7. The van der Waals surface area contributed by atoms with Crippen LogP contribution in [0.1, 0.15) is 13.8 Å². The molecule has 148 valence electrons. The average Bonchev–Trinajstić information content (AvgIpc) is 3.35. The van der Waals surface area contributed by atoms with Gasteiger partial charge in [0.15, 0.2) is 5.82 Å². The van der Waals surface area contributed by atoms with E-state index in [0.717, 1.165) is 31.8 Å². The van der Waals surface area contributed by atoms with Crippen molar-refractivity contribution in [3.63, 3.8) is 0 Å². The molecule has 6 heteroatoms. The Labute approximate surface area is 177 Å². The van der Waals surface area contributed by atoms with Crippen LogP contribution in [0.3, 0.4) is 0 Å². The molecule has 3 aromatic heterocycles. The third-order valence-electron chi connectivity index (χ3n) is 5.15. The van der Waals surface area contributed by atoms with E-state index in [4.69, 9.17) is 0 Å². The van der Waals surface area contributed by atoms with Gasteiger partial charge in [-0.3, -0.25) is 14.9 Å². The van der Waals surface area contributed by atoms with Crippen LogP contribution in [0.2, 0.25) is 0 Å². The molecule has 0 atom stereocenters. The topological polar surface area (TPSA) is 70.7 Å². The van der Waals surface area contributed by atoms with E-state index in [1.54, 1.807) is 11.3 Å². The van der Waals surface area contributed by atoms with Crippen molar-refractivity contribution in [3.8, 4) is 21.6 Å². The normalized spacial score (nSPS) is 11.4. The molecule has 5 nitrogen and oxygen atoms in total. The molecule has 1 amide bonds. The fourth-order valence-corrected chi connectivity index (χ4v) is 4.57. The number of anilines is 1. The minimum atomic E-state index is -0.103. The van der Waals surface area contributed by atoms with Crippen LogP contribution in [0, 0.1) is 5.92 Å². The molecule has 0 aliphatic heterocycles. The number of hydrogen-bond donors (Lipinski definition) is 2. The molecule has 2 N–H and O–H groups in total. The van der Waals surface area contributed by atoms with Crippen LogP contribution in [0.4, 0.5) is 5.82 Å². The van der Waals surface area contributed by atoms with Crippen molar-refractivity contribution in [2.45, 2.75) is 13.8 Å². The zero-order valence-electron chi connectivity index (χ0n) is 16.6. The zero-order valence-corrected chi connectivity index (χ0v) is 17.5. The molecule has 30 heavy (non-hydrogen) atoms. The van der Waals surface area contributed by atoms with E-state index in [-0.39, 0.29) is 11.8 Å². The summed E-state index contributed by atoms with van der Waals surface area (Å²) in [5.74, 6) is 0.432. The number of benzene rings is 2. The second-order valence-electron chi connectivity index (χ2n) is 7.55. The van der Waals surface area contributed by atoms with Gasteiger partial charge in [-0.05, 0) is 40.1 Å². The monoisotopic (exact) mass is 412 g/mol. The summed E-state index contributed by atoms with van der Waals surface area (Å²) in [5, 5.41) is 12.6. The van der Waals surface area contributed by atoms with Crippen LogP contribution >= 0.6 is 11.3 Å². The molecular formula is C24H20N4OS. The maximum absolute atomic E-state index is 12.1. The molecule has 0 spiro atoms. The van der Waals surface area contributed by atoms with Gasteiger partial charge in [0, 0.05) is 28.8 Å². The largest absolute Gasteiger partial charge is 0.308 e. The molecule has 5 aromatic rings. The Balaban J connectivity index is 1.59. The van der Waals surface area contributed by atoms with Gasteiger partial charge in [-0.1, -0.05) is 50.2 Å². The maximum Gasteiger partial charge on any atom is 0.228 e. The van der Waals surface area contributed by atoms with Gasteiger partial charge in [-0.2, -0.15) is 5.10 Å². The summed E-state index contributed by atoms with van der Waals surface area (Å²) in [6.45, 7) is 3.73. The SMILES string of the molecule is CC(C)C(=O)Nc1n[nH]c2cc(-c3cnccc3-c3ccc4ccccc4c3)sc12. The Morgan fingerprint density at radius 3 is 2.70 bits per heavy atom.